The van der Waals surface area contributed by atoms with Gasteiger partial charge in [0.15, 0.2) is 30.0 Å². The fraction of sp³-hybridized carbons (Fsp3) is 0.500. The maximum atomic E-state index is 12.6. The van der Waals surface area contributed by atoms with Crippen molar-refractivity contribution in [3.8, 4) is 0 Å². The number of aryl methyl sites for hydroxylation is 6. The van der Waals surface area contributed by atoms with Gasteiger partial charge in [0.25, 0.3) is 0 Å². The molecule has 0 bridgehead atoms. The second-order valence-corrected chi connectivity index (χ2v) is 14.4. The average Bonchev–Trinajstić information content (AvgIpc) is 2.59. The molecule has 0 saturated heterocycles. The number of benzene rings is 2. The number of hydrogen-bond acceptors (Lipinski definition) is 4. The van der Waals surface area contributed by atoms with Crippen molar-refractivity contribution in [2.24, 2.45) is 0 Å². The lowest BCUT2D eigenvalue weighted by Crippen LogP contribution is -2.39. The van der Waals surface area contributed by atoms with Crippen molar-refractivity contribution in [3.05, 3.63) is 57.6 Å². The summed E-state index contributed by atoms with van der Waals surface area (Å²) in [6.45, 7) is 12.3. The highest BCUT2D eigenvalue weighted by atomic mass is 32.3. The number of rotatable bonds is 4. The maximum Gasteiger partial charge on any atom is 0.187 e. The number of hydrogen-bond donors (Lipinski definition) is 0. The Morgan fingerprint density at radius 3 is 0.971 bits per heavy atom. The molecule has 0 fully saturated rings. The van der Waals surface area contributed by atoms with Gasteiger partial charge in [-0.1, -0.05) is 43.8 Å². The first-order valence-electron chi connectivity index (χ1n) is 10.7. The molecule has 0 amide bonds. The third-order valence-electron chi connectivity index (χ3n) is 5.36. The molecule has 0 aliphatic carbocycles. The predicted octanol–water partition coefficient (Wildman–Crippen LogP) is 2.81. The Bertz CT molecular complexity index is 945. The minimum absolute atomic E-state index is 0.984. The second-order valence-electron chi connectivity index (χ2n) is 8.96. The van der Waals surface area contributed by atoms with Crippen molar-refractivity contribution in [2.45, 2.75) is 51.3 Å². The van der Waals surface area contributed by atoms with Crippen LogP contribution >= 0.6 is 0 Å². The highest BCUT2D eigenvalue weighted by Crippen LogP contribution is 2.28. The highest BCUT2D eigenvalue weighted by molar-refractivity contribution is 8.00. The van der Waals surface area contributed by atoms with Gasteiger partial charge in [0.1, 0.15) is 19.9 Å². The Kier molecular flexibility index (Phi) is 12.5. The molecule has 0 heterocycles. The topological polar surface area (TPSA) is 86.7 Å². The zero-order valence-corrected chi connectivity index (χ0v) is 24.2. The second kappa shape index (κ2) is 13.0. The minimum atomic E-state index is -3.17. The Morgan fingerprint density at radius 1 is 0.647 bits per heavy atom. The van der Waals surface area contributed by atoms with E-state index in [1.807, 2.05) is 55.9 Å². The molecule has 2 aromatic carbocycles. The summed E-state index contributed by atoms with van der Waals surface area (Å²) < 4.78 is 38.6. The van der Waals surface area contributed by atoms with E-state index >= 15 is 0 Å². The van der Waals surface area contributed by atoms with Crippen LogP contribution in [0.5, 0.6) is 0 Å². The highest BCUT2D eigenvalue weighted by Gasteiger charge is 2.33. The molecule has 0 saturated carbocycles. The van der Waals surface area contributed by atoms with Crippen molar-refractivity contribution < 1.29 is 22.8 Å². The quantitative estimate of drug-likeness (QED) is 0.464. The minimum Gasteiger partial charge on any atom is -0.867 e. The molecule has 0 N–H and O–H groups in total. The van der Waals surface area contributed by atoms with Crippen molar-refractivity contribution in [2.75, 3.05) is 40.7 Å². The van der Waals surface area contributed by atoms with Crippen LogP contribution in [0, 0.1) is 41.5 Å². The van der Waals surface area contributed by atoms with Crippen molar-refractivity contribution in [1.82, 2.24) is 8.61 Å². The van der Waals surface area contributed by atoms with E-state index in [4.69, 9.17) is 10.0 Å². The van der Waals surface area contributed by atoms with Crippen LogP contribution in [0.15, 0.2) is 34.1 Å². The summed E-state index contributed by atoms with van der Waals surface area (Å²) in [7, 11) is 0.139. The average molecular weight is 515 g/mol. The zero-order valence-electron chi connectivity index (χ0n) is 22.6. The summed E-state index contributed by atoms with van der Waals surface area (Å²) in [6, 6.07) is 8.37. The van der Waals surface area contributed by atoms with E-state index in [0.29, 0.717) is 0 Å². The molecule has 10 heteroatoms. The van der Waals surface area contributed by atoms with Crippen LogP contribution in [-0.4, -0.2) is 56.7 Å². The van der Waals surface area contributed by atoms with Gasteiger partial charge in [-0.2, -0.15) is 0 Å². The van der Waals surface area contributed by atoms with Gasteiger partial charge in [-0.25, -0.2) is 0 Å². The molecule has 0 spiro atoms. The van der Waals surface area contributed by atoms with Crippen molar-refractivity contribution >= 4 is 27.6 Å². The first-order valence-corrected chi connectivity index (χ1v) is 14.6. The van der Waals surface area contributed by atoms with Crippen LogP contribution in [0.25, 0.3) is 0 Å². The van der Waals surface area contributed by atoms with Crippen molar-refractivity contribution in [3.63, 3.8) is 0 Å². The molecule has 0 aliphatic rings. The van der Waals surface area contributed by atoms with E-state index in [2.05, 4.69) is 38.1 Å². The lowest BCUT2D eigenvalue weighted by atomic mass is 10.1. The molecule has 6 nitrogen and oxygen atoms in total. The molecule has 2 aromatic rings. The lowest BCUT2D eigenvalue weighted by Gasteiger charge is -2.17. The Morgan fingerprint density at radius 2 is 0.824 bits per heavy atom. The summed E-state index contributed by atoms with van der Waals surface area (Å²) in [4.78, 5) is 1.97. The zero-order chi connectivity index (χ0) is 27.2. The third kappa shape index (κ3) is 8.98. The molecule has 192 valence electrons. The van der Waals surface area contributed by atoms with Crippen LogP contribution < -0.4 is 10.0 Å². The first-order chi connectivity index (χ1) is 15.3. The van der Waals surface area contributed by atoms with Crippen LogP contribution in [0.2, 0.25) is 0 Å². The van der Waals surface area contributed by atoms with Gasteiger partial charge in [-0.05, 0) is 41.5 Å². The van der Waals surface area contributed by atoms with Crippen LogP contribution in [0.4, 0.5) is 4.32 Å². The predicted molar refractivity (Wildman–Crippen MR) is 140 cm³/mol. The Balaban J connectivity index is 0.000000554. The molecule has 34 heavy (non-hydrogen) atoms. The van der Waals surface area contributed by atoms with Crippen molar-refractivity contribution in [1.29, 1.82) is 0 Å². The number of halogens is 1. The normalized spacial score (nSPS) is 14.4. The molecular weight excluding hydrogens is 474 g/mol. The first kappa shape index (κ1) is 32.6. The molecule has 2 unspecified atom stereocenters. The molecule has 0 aliphatic heterocycles. The SMILES string of the molecule is Cc1cc(C)c([S+](C)(=O)N(C)C)c(C)c1.Cc1cc(C)c([S+](C)(=O)N(C)C)c(C)c1.[O-]B([O-])F. The lowest BCUT2D eigenvalue weighted by molar-refractivity contribution is -0.366. The van der Waals surface area contributed by atoms with Gasteiger partial charge >= 0.3 is 0 Å². The van der Waals surface area contributed by atoms with Gasteiger partial charge in [0.2, 0.25) is 0 Å². The summed E-state index contributed by atoms with van der Waals surface area (Å²) in [5.74, 6) is 0. The third-order valence-corrected chi connectivity index (χ3v) is 11.0. The smallest absolute Gasteiger partial charge is 0.187 e. The van der Waals surface area contributed by atoms with E-state index in [1.165, 1.54) is 11.1 Å². The molecular formula is C24H40BFN2O4S2. The van der Waals surface area contributed by atoms with Crippen LogP contribution in [0.3, 0.4) is 0 Å². The molecule has 2 atom stereocenters. The fourth-order valence-corrected chi connectivity index (χ4v) is 7.25. The molecule has 0 radical (unpaired) electrons. The van der Waals surface area contributed by atoms with E-state index in [0.717, 1.165) is 32.0 Å². The van der Waals surface area contributed by atoms with E-state index in [1.54, 1.807) is 21.1 Å². The number of nitrogens with zero attached hydrogens (tertiary/aromatic N) is 2. The van der Waals surface area contributed by atoms with E-state index in [9.17, 15) is 12.7 Å². The van der Waals surface area contributed by atoms with E-state index < -0.39 is 27.6 Å². The monoisotopic (exact) mass is 514 g/mol. The summed E-state index contributed by atoms with van der Waals surface area (Å²) in [6.07, 6.45) is 3.61. The maximum absolute atomic E-state index is 12.6. The van der Waals surface area contributed by atoms with Gasteiger partial charge in [0.05, 0.1) is 0 Å². The van der Waals surface area contributed by atoms with Gasteiger partial charge in [-0.3, -0.25) is 0 Å². The fourth-order valence-electron chi connectivity index (χ4n) is 3.89. The van der Waals surface area contributed by atoms with Crippen LogP contribution in [0.1, 0.15) is 33.4 Å². The summed E-state index contributed by atoms with van der Waals surface area (Å²) >= 11 is 0. The Labute approximate surface area is 208 Å². The van der Waals surface area contributed by atoms with E-state index in [-0.39, 0.29) is 0 Å². The van der Waals surface area contributed by atoms with Crippen LogP contribution in [-0.2, 0) is 28.7 Å². The summed E-state index contributed by atoms with van der Waals surface area (Å²) in [5.41, 5.74) is 6.93. The molecule has 0 aromatic heterocycles. The largest absolute Gasteiger partial charge is 0.867 e. The molecule has 2 rings (SSSR count). The Hall–Kier alpha value is -1.43. The summed E-state index contributed by atoms with van der Waals surface area (Å²) in [5, 5.41) is 16.6. The van der Waals surface area contributed by atoms with Gasteiger partial charge in [0, 0.05) is 50.4 Å². The standard InChI is InChI=1S/2C12H20NOS.BFO2/c2*1-9-7-10(2)12(11(3)8-9)15(6,14)13(4)5;2-1(3)4/h2*7-8H,1-6H3;/q2*+1;-2. The van der Waals surface area contributed by atoms with Gasteiger partial charge < -0.3 is 14.4 Å². The van der Waals surface area contributed by atoms with Gasteiger partial charge in [-0.15, -0.1) is 8.61 Å².